The number of nitro benzene ring substituents is 2. The topological polar surface area (TPSA) is 115 Å². The SMILES string of the molecule is Cc1c([N+](=O)[O-])cc(C(=O)NCC(F)(F)F)cc1[N+](=O)[O-]. The minimum atomic E-state index is -4.67. The fourth-order valence-electron chi connectivity index (χ4n) is 1.48. The van der Waals surface area contributed by atoms with Gasteiger partial charge in [0.15, 0.2) is 0 Å². The van der Waals surface area contributed by atoms with Crippen molar-refractivity contribution in [3.63, 3.8) is 0 Å². The van der Waals surface area contributed by atoms with E-state index >= 15 is 0 Å². The third-order valence-corrected chi connectivity index (χ3v) is 2.46. The first kappa shape index (κ1) is 16.3. The van der Waals surface area contributed by atoms with E-state index in [0.717, 1.165) is 6.92 Å². The van der Waals surface area contributed by atoms with Crippen LogP contribution in [-0.2, 0) is 0 Å². The molecule has 1 aromatic carbocycles. The Morgan fingerprint density at radius 2 is 1.62 bits per heavy atom. The second-order valence-electron chi connectivity index (χ2n) is 3.95. The average Bonchev–Trinajstić information content (AvgIpc) is 2.34. The van der Waals surface area contributed by atoms with Crippen LogP contribution in [0.3, 0.4) is 0 Å². The number of rotatable bonds is 4. The molecule has 0 unspecified atom stereocenters. The summed E-state index contributed by atoms with van der Waals surface area (Å²) >= 11 is 0. The molecular weight excluding hydrogens is 299 g/mol. The Labute approximate surface area is 114 Å². The quantitative estimate of drug-likeness (QED) is 0.675. The van der Waals surface area contributed by atoms with Gasteiger partial charge in [0.1, 0.15) is 12.1 Å². The number of nitrogens with one attached hydrogen (secondary N) is 1. The lowest BCUT2D eigenvalue weighted by Gasteiger charge is -2.09. The molecule has 1 rings (SSSR count). The summed E-state index contributed by atoms with van der Waals surface area (Å²) in [5.74, 6) is -1.29. The molecule has 0 atom stereocenters. The van der Waals surface area contributed by atoms with Gasteiger partial charge in [-0.05, 0) is 6.92 Å². The van der Waals surface area contributed by atoms with Crippen molar-refractivity contribution in [2.75, 3.05) is 6.54 Å². The molecule has 21 heavy (non-hydrogen) atoms. The molecule has 0 aromatic heterocycles. The number of nitro groups is 2. The number of nitrogens with zero attached hydrogens (tertiary/aromatic N) is 2. The van der Waals surface area contributed by atoms with Crippen molar-refractivity contribution in [3.8, 4) is 0 Å². The third-order valence-electron chi connectivity index (χ3n) is 2.46. The highest BCUT2D eigenvalue weighted by atomic mass is 19.4. The molecule has 0 saturated heterocycles. The first-order valence-electron chi connectivity index (χ1n) is 5.31. The molecule has 8 nitrogen and oxygen atoms in total. The highest BCUT2D eigenvalue weighted by molar-refractivity contribution is 5.96. The lowest BCUT2D eigenvalue weighted by atomic mass is 10.1. The average molecular weight is 307 g/mol. The summed E-state index contributed by atoms with van der Waals surface area (Å²) in [6.07, 6.45) is -4.67. The van der Waals surface area contributed by atoms with Crippen molar-refractivity contribution < 1.29 is 27.8 Å². The van der Waals surface area contributed by atoms with Crippen molar-refractivity contribution >= 4 is 17.3 Å². The number of amides is 1. The molecule has 0 bridgehead atoms. The second-order valence-corrected chi connectivity index (χ2v) is 3.95. The standard InChI is InChI=1S/C10H8F3N3O5/c1-5-7(15(18)19)2-6(3-8(5)16(20)21)9(17)14-4-10(11,12)13/h2-3H,4H2,1H3,(H,14,17). The Kier molecular flexibility index (Phi) is 4.45. The van der Waals surface area contributed by atoms with E-state index in [0.29, 0.717) is 12.1 Å². The van der Waals surface area contributed by atoms with Gasteiger partial charge in [0.05, 0.1) is 15.4 Å². The molecule has 11 heteroatoms. The van der Waals surface area contributed by atoms with Gasteiger partial charge in [-0.15, -0.1) is 0 Å². The molecular formula is C10H8F3N3O5. The molecule has 0 spiro atoms. The zero-order chi connectivity index (χ0) is 16.4. The fourth-order valence-corrected chi connectivity index (χ4v) is 1.48. The van der Waals surface area contributed by atoms with Crippen LogP contribution in [-0.4, -0.2) is 28.5 Å². The van der Waals surface area contributed by atoms with Crippen LogP contribution in [0, 0.1) is 27.2 Å². The van der Waals surface area contributed by atoms with E-state index in [4.69, 9.17) is 0 Å². The minimum absolute atomic E-state index is 0.294. The Bertz CT molecular complexity index is 579. The first-order valence-corrected chi connectivity index (χ1v) is 5.31. The van der Waals surface area contributed by atoms with Gasteiger partial charge in [0.25, 0.3) is 17.3 Å². The summed E-state index contributed by atoms with van der Waals surface area (Å²) in [6.45, 7) is -0.547. The second kappa shape index (κ2) is 5.73. The summed E-state index contributed by atoms with van der Waals surface area (Å²) in [5, 5.41) is 23.0. The molecule has 0 fully saturated rings. The van der Waals surface area contributed by atoms with E-state index in [1.165, 1.54) is 5.32 Å². The minimum Gasteiger partial charge on any atom is -0.343 e. The number of alkyl halides is 3. The van der Waals surface area contributed by atoms with Crippen LogP contribution in [0.2, 0.25) is 0 Å². The molecule has 0 heterocycles. The zero-order valence-corrected chi connectivity index (χ0v) is 10.4. The lowest BCUT2D eigenvalue weighted by molar-refractivity contribution is -0.395. The number of hydrogen-bond donors (Lipinski definition) is 1. The van der Waals surface area contributed by atoms with E-state index in [2.05, 4.69) is 0 Å². The highest BCUT2D eigenvalue weighted by Gasteiger charge is 2.30. The highest BCUT2D eigenvalue weighted by Crippen LogP contribution is 2.29. The number of halogens is 3. The Hall–Kier alpha value is -2.72. The van der Waals surface area contributed by atoms with Crippen LogP contribution in [0.25, 0.3) is 0 Å². The van der Waals surface area contributed by atoms with Crippen molar-refractivity contribution in [3.05, 3.63) is 43.5 Å². The van der Waals surface area contributed by atoms with Gasteiger partial charge >= 0.3 is 6.18 Å². The monoisotopic (exact) mass is 307 g/mol. The molecule has 0 aliphatic heterocycles. The molecule has 114 valence electrons. The molecule has 1 N–H and O–H groups in total. The third kappa shape index (κ3) is 4.12. The van der Waals surface area contributed by atoms with Gasteiger partial charge in [-0.1, -0.05) is 0 Å². The van der Waals surface area contributed by atoms with Crippen LogP contribution < -0.4 is 5.32 Å². The summed E-state index contributed by atoms with van der Waals surface area (Å²) < 4.78 is 35.9. The summed E-state index contributed by atoms with van der Waals surface area (Å²) in [7, 11) is 0. The number of benzene rings is 1. The molecule has 0 aliphatic rings. The van der Waals surface area contributed by atoms with Gasteiger partial charge < -0.3 is 5.32 Å². The predicted octanol–water partition coefficient (Wildman–Crippen LogP) is 2.10. The Morgan fingerprint density at radius 1 is 1.19 bits per heavy atom. The van der Waals surface area contributed by atoms with E-state index in [-0.39, 0.29) is 5.56 Å². The lowest BCUT2D eigenvalue weighted by Crippen LogP contribution is -2.33. The summed E-state index contributed by atoms with van der Waals surface area (Å²) in [4.78, 5) is 31.1. The maximum Gasteiger partial charge on any atom is 0.405 e. The largest absolute Gasteiger partial charge is 0.405 e. The van der Waals surface area contributed by atoms with Gasteiger partial charge in [-0.25, -0.2) is 0 Å². The van der Waals surface area contributed by atoms with E-state index < -0.39 is 45.4 Å². The number of carbonyl (C=O) groups is 1. The van der Waals surface area contributed by atoms with Gasteiger partial charge in [0, 0.05) is 12.1 Å². The van der Waals surface area contributed by atoms with Crippen molar-refractivity contribution in [1.29, 1.82) is 0 Å². The predicted molar refractivity (Wildman–Crippen MR) is 62.9 cm³/mol. The molecule has 0 saturated carbocycles. The van der Waals surface area contributed by atoms with Gasteiger partial charge in [-0.3, -0.25) is 25.0 Å². The molecule has 0 radical (unpaired) electrons. The Morgan fingerprint density at radius 3 is 1.95 bits per heavy atom. The summed E-state index contributed by atoms with van der Waals surface area (Å²) in [5.41, 5.74) is -2.33. The zero-order valence-electron chi connectivity index (χ0n) is 10.4. The van der Waals surface area contributed by atoms with Crippen LogP contribution in [0.1, 0.15) is 15.9 Å². The van der Waals surface area contributed by atoms with Crippen LogP contribution in [0.15, 0.2) is 12.1 Å². The van der Waals surface area contributed by atoms with Crippen LogP contribution in [0.5, 0.6) is 0 Å². The number of hydrogen-bond acceptors (Lipinski definition) is 5. The maximum absolute atomic E-state index is 12.0. The summed E-state index contributed by atoms with van der Waals surface area (Å²) in [6, 6.07) is 1.38. The molecule has 0 aliphatic carbocycles. The molecule has 1 amide bonds. The maximum atomic E-state index is 12.0. The van der Waals surface area contributed by atoms with E-state index in [1.54, 1.807) is 0 Å². The first-order chi connectivity index (χ1) is 9.53. The van der Waals surface area contributed by atoms with E-state index in [9.17, 15) is 38.2 Å². The van der Waals surface area contributed by atoms with Crippen LogP contribution >= 0.6 is 0 Å². The van der Waals surface area contributed by atoms with Crippen molar-refractivity contribution in [2.24, 2.45) is 0 Å². The smallest absolute Gasteiger partial charge is 0.343 e. The van der Waals surface area contributed by atoms with E-state index in [1.807, 2.05) is 0 Å². The molecule has 1 aromatic rings. The number of carbonyl (C=O) groups excluding carboxylic acids is 1. The Balaban J connectivity index is 3.21. The fraction of sp³-hybridized carbons (Fsp3) is 0.300. The van der Waals surface area contributed by atoms with Crippen LogP contribution in [0.4, 0.5) is 24.5 Å². The van der Waals surface area contributed by atoms with Crippen molar-refractivity contribution in [1.82, 2.24) is 5.32 Å². The normalized spacial score (nSPS) is 11.0. The van der Waals surface area contributed by atoms with Gasteiger partial charge in [0.2, 0.25) is 0 Å². The van der Waals surface area contributed by atoms with Gasteiger partial charge in [-0.2, -0.15) is 13.2 Å². The van der Waals surface area contributed by atoms with Crippen molar-refractivity contribution in [2.45, 2.75) is 13.1 Å².